The van der Waals surface area contributed by atoms with Crippen LogP contribution in [0.5, 0.6) is 0 Å². The molecule has 0 bridgehead atoms. The van der Waals surface area contributed by atoms with Crippen LogP contribution in [0.4, 0.5) is 9.18 Å². The van der Waals surface area contributed by atoms with E-state index in [1.54, 1.807) is 0 Å². The average Bonchev–Trinajstić information content (AvgIpc) is 3.01. The molecule has 1 heterocycles. The fourth-order valence-corrected chi connectivity index (χ4v) is 3.59. The van der Waals surface area contributed by atoms with E-state index in [0.29, 0.717) is 6.42 Å². The van der Waals surface area contributed by atoms with Crippen LogP contribution in [0.1, 0.15) is 18.4 Å². The van der Waals surface area contributed by atoms with Crippen LogP contribution in [0.3, 0.4) is 0 Å². The van der Waals surface area contributed by atoms with Crippen molar-refractivity contribution in [3.05, 3.63) is 35.9 Å². The van der Waals surface area contributed by atoms with Gasteiger partial charge >= 0.3 is 12.1 Å². The van der Waals surface area contributed by atoms with Crippen molar-refractivity contribution in [2.45, 2.75) is 31.7 Å². The van der Waals surface area contributed by atoms with Crippen LogP contribution in [0.25, 0.3) is 0 Å². The number of rotatable bonds is 3. The molecule has 1 saturated heterocycles. The number of likely N-dealkylation sites (tertiary alicyclic amines) is 1. The summed E-state index contributed by atoms with van der Waals surface area (Å²) in [6.07, 6.45) is -1.05. The molecule has 1 aliphatic heterocycles. The molecule has 3 rings (SSSR count). The molecule has 118 valence electrons. The summed E-state index contributed by atoms with van der Waals surface area (Å²) in [5, 5.41) is 9.38. The lowest BCUT2D eigenvalue weighted by molar-refractivity contribution is -0.143. The number of hydrogen-bond donors (Lipinski definition) is 1. The molecule has 1 saturated carbocycles. The van der Waals surface area contributed by atoms with Gasteiger partial charge in [0, 0.05) is 6.54 Å². The SMILES string of the molecule is O=C(O)[C@@H]1[C@@H]2C[C@H](F)C[C@@H]2CN1C(=O)OCc1ccccc1. The Kier molecular flexibility index (Phi) is 4.00. The van der Waals surface area contributed by atoms with Gasteiger partial charge in [-0.2, -0.15) is 0 Å². The Morgan fingerprint density at radius 3 is 2.68 bits per heavy atom. The van der Waals surface area contributed by atoms with Gasteiger partial charge in [-0.1, -0.05) is 30.3 Å². The Morgan fingerprint density at radius 1 is 1.27 bits per heavy atom. The van der Waals surface area contributed by atoms with E-state index in [4.69, 9.17) is 4.74 Å². The van der Waals surface area contributed by atoms with Crippen LogP contribution in [-0.4, -0.2) is 40.8 Å². The van der Waals surface area contributed by atoms with Gasteiger partial charge in [0.1, 0.15) is 18.8 Å². The van der Waals surface area contributed by atoms with Crippen molar-refractivity contribution in [3.8, 4) is 0 Å². The first-order chi connectivity index (χ1) is 10.6. The topological polar surface area (TPSA) is 66.8 Å². The highest BCUT2D eigenvalue weighted by molar-refractivity contribution is 5.81. The Morgan fingerprint density at radius 2 is 2.00 bits per heavy atom. The maximum atomic E-state index is 13.5. The predicted molar refractivity (Wildman–Crippen MR) is 75.9 cm³/mol. The normalized spacial score (nSPS) is 30.1. The summed E-state index contributed by atoms with van der Waals surface area (Å²) >= 11 is 0. The van der Waals surface area contributed by atoms with E-state index < -0.39 is 24.3 Å². The number of fused-ring (bicyclic) bond motifs is 1. The summed E-state index contributed by atoms with van der Waals surface area (Å²) in [5.74, 6) is -1.48. The second-order valence-corrected chi connectivity index (χ2v) is 5.97. The number of nitrogens with zero attached hydrogens (tertiary/aromatic N) is 1. The molecule has 6 heteroatoms. The van der Waals surface area contributed by atoms with Crippen LogP contribution in [0, 0.1) is 11.8 Å². The van der Waals surface area contributed by atoms with Crippen LogP contribution < -0.4 is 0 Å². The Balaban J connectivity index is 1.66. The lowest BCUT2D eigenvalue weighted by Crippen LogP contribution is -2.43. The minimum Gasteiger partial charge on any atom is -0.480 e. The number of amides is 1. The second kappa shape index (κ2) is 5.94. The first-order valence-corrected chi connectivity index (χ1v) is 7.40. The molecule has 1 aliphatic carbocycles. The minimum atomic E-state index is -1.08. The molecule has 0 radical (unpaired) electrons. The van der Waals surface area contributed by atoms with Crippen molar-refractivity contribution in [1.29, 1.82) is 0 Å². The van der Waals surface area contributed by atoms with Crippen molar-refractivity contribution >= 4 is 12.1 Å². The third-order valence-electron chi connectivity index (χ3n) is 4.56. The molecule has 2 fully saturated rings. The molecule has 5 nitrogen and oxygen atoms in total. The first-order valence-electron chi connectivity index (χ1n) is 7.40. The average molecular weight is 307 g/mol. The standard InChI is InChI=1S/C16H18FNO4/c17-12-6-11-8-18(14(15(19)20)13(11)7-12)16(21)22-9-10-4-2-1-3-5-10/h1-5,11-14H,6-9H2,(H,19,20)/t11-,12-,13-,14+/m1/s1. The number of carboxylic acid groups (broad SMARTS) is 1. The number of benzene rings is 1. The van der Waals surface area contributed by atoms with Gasteiger partial charge in [0.25, 0.3) is 0 Å². The second-order valence-electron chi connectivity index (χ2n) is 5.97. The molecule has 2 aliphatic rings. The van der Waals surface area contributed by atoms with E-state index in [1.165, 1.54) is 4.90 Å². The van der Waals surface area contributed by atoms with Gasteiger partial charge in [-0.3, -0.25) is 4.90 Å². The summed E-state index contributed by atoms with van der Waals surface area (Å²) in [6, 6.07) is 8.22. The zero-order valence-corrected chi connectivity index (χ0v) is 12.0. The molecular formula is C16H18FNO4. The molecule has 4 atom stereocenters. The Hall–Kier alpha value is -2.11. The number of halogens is 1. The van der Waals surface area contributed by atoms with Gasteiger partial charge in [0.05, 0.1) is 0 Å². The fraction of sp³-hybridized carbons (Fsp3) is 0.500. The van der Waals surface area contributed by atoms with Gasteiger partial charge < -0.3 is 9.84 Å². The summed E-state index contributed by atoms with van der Waals surface area (Å²) in [5.41, 5.74) is 0.839. The van der Waals surface area contributed by atoms with E-state index in [9.17, 15) is 19.1 Å². The maximum Gasteiger partial charge on any atom is 0.410 e. The number of hydrogen-bond acceptors (Lipinski definition) is 3. The van der Waals surface area contributed by atoms with Crippen molar-refractivity contribution in [2.24, 2.45) is 11.8 Å². The predicted octanol–water partition coefficient (Wildman–Crippen LogP) is 2.46. The molecule has 1 amide bonds. The number of ether oxygens (including phenoxy) is 1. The Labute approximate surface area is 127 Å². The molecule has 0 spiro atoms. The van der Waals surface area contributed by atoms with E-state index in [0.717, 1.165) is 5.56 Å². The molecule has 0 aromatic heterocycles. The molecular weight excluding hydrogens is 289 g/mol. The number of carbonyl (C=O) groups excluding carboxylic acids is 1. The lowest BCUT2D eigenvalue weighted by atomic mass is 9.94. The van der Waals surface area contributed by atoms with Gasteiger partial charge in [-0.05, 0) is 30.2 Å². The van der Waals surface area contributed by atoms with Crippen LogP contribution in [0.2, 0.25) is 0 Å². The molecule has 1 aromatic rings. The van der Waals surface area contributed by atoms with Crippen molar-refractivity contribution < 1.29 is 23.8 Å². The highest BCUT2D eigenvalue weighted by Gasteiger charge is 2.52. The summed E-state index contributed by atoms with van der Waals surface area (Å²) in [6.45, 7) is 0.360. The lowest BCUT2D eigenvalue weighted by Gasteiger charge is -2.24. The number of alkyl halides is 1. The van der Waals surface area contributed by atoms with Gasteiger partial charge in [0.2, 0.25) is 0 Å². The zero-order valence-electron chi connectivity index (χ0n) is 12.0. The number of carbonyl (C=O) groups is 2. The van der Waals surface area contributed by atoms with Gasteiger partial charge in [-0.15, -0.1) is 0 Å². The molecule has 22 heavy (non-hydrogen) atoms. The van der Waals surface area contributed by atoms with Crippen molar-refractivity contribution in [2.75, 3.05) is 6.54 Å². The highest BCUT2D eigenvalue weighted by atomic mass is 19.1. The molecule has 1 N–H and O–H groups in total. The van der Waals surface area contributed by atoms with E-state index in [1.807, 2.05) is 30.3 Å². The highest BCUT2D eigenvalue weighted by Crippen LogP contribution is 2.43. The summed E-state index contributed by atoms with van der Waals surface area (Å²) < 4.78 is 18.7. The maximum absolute atomic E-state index is 13.5. The first kappa shape index (κ1) is 14.8. The quantitative estimate of drug-likeness (QED) is 0.931. The third-order valence-corrected chi connectivity index (χ3v) is 4.56. The summed E-state index contributed by atoms with van der Waals surface area (Å²) in [7, 11) is 0. The Bertz CT molecular complexity index is 565. The largest absolute Gasteiger partial charge is 0.480 e. The smallest absolute Gasteiger partial charge is 0.410 e. The van der Waals surface area contributed by atoms with Crippen molar-refractivity contribution in [3.63, 3.8) is 0 Å². The third kappa shape index (κ3) is 2.77. The van der Waals surface area contributed by atoms with Crippen LogP contribution in [-0.2, 0) is 16.1 Å². The summed E-state index contributed by atoms with van der Waals surface area (Å²) in [4.78, 5) is 24.9. The van der Waals surface area contributed by atoms with E-state index in [-0.39, 0.29) is 31.4 Å². The monoisotopic (exact) mass is 307 g/mol. The van der Waals surface area contributed by atoms with Crippen LogP contribution in [0.15, 0.2) is 30.3 Å². The van der Waals surface area contributed by atoms with Gasteiger partial charge in [-0.25, -0.2) is 14.0 Å². The number of carboxylic acids is 1. The number of aliphatic carboxylic acids is 1. The van der Waals surface area contributed by atoms with E-state index in [2.05, 4.69) is 0 Å². The minimum absolute atomic E-state index is 0.0830. The van der Waals surface area contributed by atoms with Crippen LogP contribution >= 0.6 is 0 Å². The van der Waals surface area contributed by atoms with E-state index >= 15 is 0 Å². The zero-order chi connectivity index (χ0) is 15.7. The van der Waals surface area contributed by atoms with Gasteiger partial charge in [0.15, 0.2) is 0 Å². The fourth-order valence-electron chi connectivity index (χ4n) is 3.59. The molecule has 0 unspecified atom stereocenters. The molecule has 1 aromatic carbocycles. The van der Waals surface area contributed by atoms with Crippen molar-refractivity contribution in [1.82, 2.24) is 4.90 Å².